The zero-order valence-corrected chi connectivity index (χ0v) is 9.52. The highest BCUT2D eigenvalue weighted by molar-refractivity contribution is 5.36. The van der Waals surface area contributed by atoms with Crippen LogP contribution in [0.4, 0.5) is 11.9 Å². The van der Waals surface area contributed by atoms with E-state index in [-0.39, 0.29) is 5.95 Å². The third-order valence-electron chi connectivity index (χ3n) is 2.44. The summed E-state index contributed by atoms with van der Waals surface area (Å²) in [5.74, 6) is 0.860. The maximum atomic E-state index is 5.63. The van der Waals surface area contributed by atoms with Crippen molar-refractivity contribution in [2.45, 2.75) is 26.2 Å². The van der Waals surface area contributed by atoms with Gasteiger partial charge in [-0.3, -0.25) is 0 Å². The summed E-state index contributed by atoms with van der Waals surface area (Å²) in [6.45, 7) is 4.60. The molecule has 0 aliphatic carbocycles. The Morgan fingerprint density at radius 2 is 2.00 bits per heavy atom. The molecule has 0 saturated carbocycles. The minimum atomic E-state index is 0.225. The van der Waals surface area contributed by atoms with Crippen LogP contribution in [0, 0.1) is 0 Å². The molecule has 1 aromatic heterocycles. The molecule has 1 aliphatic heterocycles. The second-order valence-electron chi connectivity index (χ2n) is 3.82. The fourth-order valence-corrected chi connectivity index (χ4v) is 1.68. The molecule has 0 unspecified atom stereocenters. The molecule has 0 aromatic carbocycles. The Morgan fingerprint density at radius 3 is 2.69 bits per heavy atom. The summed E-state index contributed by atoms with van der Waals surface area (Å²) in [6.07, 6.45) is 3.28. The molecule has 0 atom stereocenters. The van der Waals surface area contributed by atoms with Gasteiger partial charge in [-0.25, -0.2) is 0 Å². The van der Waals surface area contributed by atoms with Gasteiger partial charge in [0.1, 0.15) is 0 Å². The average Bonchev–Trinajstić information content (AvgIpc) is 2.79. The third kappa shape index (κ3) is 2.50. The molecule has 1 saturated heterocycles. The molecule has 2 rings (SSSR count). The average molecular weight is 223 g/mol. The molecule has 0 bridgehead atoms. The predicted molar refractivity (Wildman–Crippen MR) is 61.5 cm³/mol. The van der Waals surface area contributed by atoms with Gasteiger partial charge in [0.15, 0.2) is 0 Å². The molecule has 1 fully saturated rings. The van der Waals surface area contributed by atoms with E-state index in [0.717, 1.165) is 19.5 Å². The van der Waals surface area contributed by atoms with Crippen LogP contribution in [0.3, 0.4) is 0 Å². The van der Waals surface area contributed by atoms with Crippen LogP contribution in [0.25, 0.3) is 0 Å². The first kappa shape index (κ1) is 10.9. The van der Waals surface area contributed by atoms with E-state index in [9.17, 15) is 0 Å². The highest BCUT2D eigenvalue weighted by Gasteiger charge is 2.16. The largest absolute Gasteiger partial charge is 0.463 e. The van der Waals surface area contributed by atoms with E-state index in [1.54, 1.807) is 0 Å². The van der Waals surface area contributed by atoms with Gasteiger partial charge in [0.25, 0.3) is 0 Å². The molecule has 0 spiro atoms. The quantitative estimate of drug-likeness (QED) is 0.815. The molecule has 1 aromatic rings. The number of ether oxygens (including phenoxy) is 1. The minimum absolute atomic E-state index is 0.225. The Labute approximate surface area is 94.9 Å². The third-order valence-corrected chi connectivity index (χ3v) is 2.44. The Bertz CT molecular complexity index is 351. The molecule has 2 heterocycles. The molecular weight excluding hydrogens is 206 g/mol. The molecule has 6 heteroatoms. The van der Waals surface area contributed by atoms with E-state index in [4.69, 9.17) is 10.5 Å². The van der Waals surface area contributed by atoms with Crippen LogP contribution in [0.5, 0.6) is 6.01 Å². The van der Waals surface area contributed by atoms with Crippen LogP contribution < -0.4 is 15.4 Å². The Kier molecular flexibility index (Phi) is 3.38. The number of rotatable bonds is 4. The Morgan fingerprint density at radius 1 is 1.25 bits per heavy atom. The lowest BCUT2D eigenvalue weighted by Crippen LogP contribution is -2.21. The lowest BCUT2D eigenvalue weighted by Gasteiger charge is -2.15. The molecule has 88 valence electrons. The summed E-state index contributed by atoms with van der Waals surface area (Å²) in [5, 5.41) is 0. The number of hydrogen-bond donors (Lipinski definition) is 1. The van der Waals surface area contributed by atoms with Gasteiger partial charge in [-0.1, -0.05) is 6.92 Å². The highest BCUT2D eigenvalue weighted by atomic mass is 16.5. The SMILES string of the molecule is CCCOc1nc(N)nc(N2CCCC2)n1. The van der Waals surface area contributed by atoms with E-state index < -0.39 is 0 Å². The molecular formula is C10H17N5O. The number of nitrogens with zero attached hydrogens (tertiary/aromatic N) is 4. The highest BCUT2D eigenvalue weighted by Crippen LogP contribution is 2.18. The Balaban J connectivity index is 2.14. The number of nitrogen functional groups attached to an aromatic ring is 1. The zero-order chi connectivity index (χ0) is 11.4. The molecule has 2 N–H and O–H groups in total. The van der Waals surface area contributed by atoms with Crippen molar-refractivity contribution < 1.29 is 4.74 Å². The van der Waals surface area contributed by atoms with Crippen LogP contribution in [-0.2, 0) is 0 Å². The van der Waals surface area contributed by atoms with Crippen LogP contribution in [0.15, 0.2) is 0 Å². The fourth-order valence-electron chi connectivity index (χ4n) is 1.68. The van der Waals surface area contributed by atoms with Crippen LogP contribution in [0.2, 0.25) is 0 Å². The minimum Gasteiger partial charge on any atom is -0.463 e. The van der Waals surface area contributed by atoms with Crippen molar-refractivity contribution in [1.82, 2.24) is 15.0 Å². The number of anilines is 2. The molecule has 1 aliphatic rings. The topological polar surface area (TPSA) is 77.2 Å². The van der Waals surface area contributed by atoms with Gasteiger partial charge < -0.3 is 15.4 Å². The second kappa shape index (κ2) is 4.96. The fraction of sp³-hybridized carbons (Fsp3) is 0.700. The summed E-state index contributed by atoms with van der Waals surface area (Å²) in [5.41, 5.74) is 5.63. The van der Waals surface area contributed by atoms with Crippen molar-refractivity contribution in [2.75, 3.05) is 30.3 Å². The summed E-state index contributed by atoms with van der Waals surface area (Å²) < 4.78 is 5.37. The van der Waals surface area contributed by atoms with Crippen molar-refractivity contribution in [2.24, 2.45) is 0 Å². The monoisotopic (exact) mass is 223 g/mol. The molecule has 16 heavy (non-hydrogen) atoms. The second-order valence-corrected chi connectivity index (χ2v) is 3.82. The van der Waals surface area contributed by atoms with Crippen LogP contribution >= 0.6 is 0 Å². The van der Waals surface area contributed by atoms with Gasteiger partial charge >= 0.3 is 6.01 Å². The summed E-state index contributed by atoms with van der Waals surface area (Å²) in [7, 11) is 0. The number of nitrogens with two attached hydrogens (primary N) is 1. The van der Waals surface area contributed by atoms with Crippen molar-refractivity contribution >= 4 is 11.9 Å². The Hall–Kier alpha value is -1.59. The van der Waals surface area contributed by atoms with Crippen LogP contribution in [-0.4, -0.2) is 34.6 Å². The normalized spacial score (nSPS) is 15.4. The maximum absolute atomic E-state index is 5.63. The summed E-state index contributed by atoms with van der Waals surface area (Å²) in [4.78, 5) is 14.4. The predicted octanol–water partition coefficient (Wildman–Crippen LogP) is 0.843. The van der Waals surface area contributed by atoms with Gasteiger partial charge in [0.2, 0.25) is 11.9 Å². The first-order valence-corrected chi connectivity index (χ1v) is 5.69. The number of aromatic nitrogens is 3. The first-order chi connectivity index (χ1) is 7.79. The van der Waals surface area contributed by atoms with Crippen molar-refractivity contribution in [3.05, 3.63) is 0 Å². The lowest BCUT2D eigenvalue weighted by atomic mass is 10.4. The van der Waals surface area contributed by atoms with Gasteiger partial charge in [-0.05, 0) is 19.3 Å². The van der Waals surface area contributed by atoms with E-state index in [1.807, 2.05) is 6.92 Å². The summed E-state index contributed by atoms with van der Waals surface area (Å²) >= 11 is 0. The number of hydrogen-bond acceptors (Lipinski definition) is 6. The maximum Gasteiger partial charge on any atom is 0.323 e. The van der Waals surface area contributed by atoms with Crippen LogP contribution in [0.1, 0.15) is 26.2 Å². The van der Waals surface area contributed by atoms with Crippen molar-refractivity contribution in [3.63, 3.8) is 0 Å². The van der Waals surface area contributed by atoms with Gasteiger partial charge in [-0.15, -0.1) is 0 Å². The molecule has 0 amide bonds. The van der Waals surface area contributed by atoms with E-state index in [0.29, 0.717) is 18.6 Å². The van der Waals surface area contributed by atoms with Crippen molar-refractivity contribution in [3.8, 4) is 6.01 Å². The first-order valence-electron chi connectivity index (χ1n) is 5.69. The van der Waals surface area contributed by atoms with Gasteiger partial charge in [0, 0.05) is 13.1 Å². The van der Waals surface area contributed by atoms with E-state index in [2.05, 4.69) is 19.9 Å². The smallest absolute Gasteiger partial charge is 0.323 e. The van der Waals surface area contributed by atoms with Crippen molar-refractivity contribution in [1.29, 1.82) is 0 Å². The molecule has 0 radical (unpaired) electrons. The van der Waals surface area contributed by atoms with Gasteiger partial charge in [0.05, 0.1) is 6.61 Å². The molecule has 6 nitrogen and oxygen atoms in total. The van der Waals surface area contributed by atoms with Gasteiger partial charge in [-0.2, -0.15) is 15.0 Å². The lowest BCUT2D eigenvalue weighted by molar-refractivity contribution is 0.292. The van der Waals surface area contributed by atoms with E-state index in [1.165, 1.54) is 12.8 Å². The summed E-state index contributed by atoms with van der Waals surface area (Å²) in [6, 6.07) is 0.330. The standard InChI is InChI=1S/C10H17N5O/c1-2-7-16-10-13-8(11)12-9(14-10)15-5-3-4-6-15/h2-7H2,1H3,(H2,11,12,13,14). The zero-order valence-electron chi connectivity index (χ0n) is 9.52. The van der Waals surface area contributed by atoms with E-state index >= 15 is 0 Å².